The quantitative estimate of drug-likeness (QED) is 0.749. The number of benzene rings is 2. The van der Waals surface area contributed by atoms with Crippen molar-refractivity contribution < 1.29 is 8.91 Å². The maximum absolute atomic E-state index is 13.8. The Morgan fingerprint density at radius 2 is 2.00 bits per heavy atom. The zero-order chi connectivity index (χ0) is 14.8. The van der Waals surface area contributed by atoms with Crippen LogP contribution in [0.2, 0.25) is 5.02 Å². The van der Waals surface area contributed by atoms with Crippen LogP contribution in [0.25, 0.3) is 11.5 Å². The van der Waals surface area contributed by atoms with Crippen LogP contribution in [-0.2, 0) is 6.42 Å². The lowest BCUT2D eigenvalue weighted by Crippen LogP contribution is -1.94. The SMILES string of the molecule is Nc1cccc(F)c1-c1nc(Cc2cccc(Cl)c2)no1. The molecule has 6 heteroatoms. The minimum atomic E-state index is -0.493. The van der Waals surface area contributed by atoms with Crippen LogP contribution in [0.1, 0.15) is 11.4 Å². The molecule has 0 saturated carbocycles. The van der Waals surface area contributed by atoms with Gasteiger partial charge in [0.25, 0.3) is 5.89 Å². The van der Waals surface area contributed by atoms with Gasteiger partial charge in [-0.15, -0.1) is 0 Å². The molecule has 0 unspecified atom stereocenters. The predicted molar refractivity (Wildman–Crippen MR) is 78.4 cm³/mol. The minimum Gasteiger partial charge on any atom is -0.398 e. The highest BCUT2D eigenvalue weighted by atomic mass is 35.5. The Kier molecular flexibility index (Phi) is 3.58. The van der Waals surface area contributed by atoms with Gasteiger partial charge in [-0.1, -0.05) is 35.0 Å². The largest absolute Gasteiger partial charge is 0.398 e. The Labute approximate surface area is 125 Å². The molecule has 0 atom stereocenters. The van der Waals surface area contributed by atoms with E-state index in [1.165, 1.54) is 12.1 Å². The van der Waals surface area contributed by atoms with E-state index < -0.39 is 5.82 Å². The maximum atomic E-state index is 13.8. The molecule has 0 aliphatic rings. The second-order valence-electron chi connectivity index (χ2n) is 4.53. The van der Waals surface area contributed by atoms with Crippen molar-refractivity contribution in [2.24, 2.45) is 0 Å². The summed E-state index contributed by atoms with van der Waals surface area (Å²) in [5, 5.41) is 4.48. The fourth-order valence-corrected chi connectivity index (χ4v) is 2.24. The first-order valence-corrected chi connectivity index (χ1v) is 6.62. The molecule has 3 aromatic rings. The van der Waals surface area contributed by atoms with Crippen LogP contribution in [0.15, 0.2) is 47.0 Å². The summed E-state index contributed by atoms with van der Waals surface area (Å²) in [5.41, 5.74) is 7.08. The number of hydrogen-bond donors (Lipinski definition) is 1. The average Bonchev–Trinajstić information content (AvgIpc) is 2.87. The van der Waals surface area contributed by atoms with Gasteiger partial charge in [0.05, 0.1) is 5.56 Å². The number of nitrogens with two attached hydrogens (primary N) is 1. The Morgan fingerprint density at radius 1 is 1.19 bits per heavy atom. The van der Waals surface area contributed by atoms with Crippen LogP contribution in [-0.4, -0.2) is 10.1 Å². The molecule has 0 bridgehead atoms. The number of nitrogens with zero attached hydrogens (tertiary/aromatic N) is 2. The fourth-order valence-electron chi connectivity index (χ4n) is 2.02. The van der Waals surface area contributed by atoms with Gasteiger partial charge in [-0.05, 0) is 29.8 Å². The van der Waals surface area contributed by atoms with Crippen molar-refractivity contribution in [2.45, 2.75) is 6.42 Å². The van der Waals surface area contributed by atoms with Crippen molar-refractivity contribution in [3.63, 3.8) is 0 Å². The summed E-state index contributed by atoms with van der Waals surface area (Å²) in [6.45, 7) is 0. The number of anilines is 1. The van der Waals surface area contributed by atoms with E-state index in [-0.39, 0.29) is 17.1 Å². The molecule has 1 aromatic heterocycles. The van der Waals surface area contributed by atoms with E-state index in [1.807, 2.05) is 18.2 Å². The van der Waals surface area contributed by atoms with Crippen LogP contribution in [0.3, 0.4) is 0 Å². The van der Waals surface area contributed by atoms with Crippen molar-refractivity contribution in [1.29, 1.82) is 0 Å². The molecule has 0 aliphatic heterocycles. The molecule has 0 spiro atoms. The van der Waals surface area contributed by atoms with Gasteiger partial charge in [-0.3, -0.25) is 0 Å². The van der Waals surface area contributed by atoms with Gasteiger partial charge in [0, 0.05) is 17.1 Å². The first kappa shape index (κ1) is 13.6. The number of nitrogen functional groups attached to an aromatic ring is 1. The number of aromatic nitrogens is 2. The van der Waals surface area contributed by atoms with Crippen LogP contribution < -0.4 is 5.73 Å². The monoisotopic (exact) mass is 303 g/mol. The van der Waals surface area contributed by atoms with Crippen molar-refractivity contribution in [2.75, 3.05) is 5.73 Å². The zero-order valence-corrected chi connectivity index (χ0v) is 11.6. The predicted octanol–water partition coefficient (Wildman–Crippen LogP) is 3.70. The van der Waals surface area contributed by atoms with E-state index in [1.54, 1.807) is 12.1 Å². The summed E-state index contributed by atoms with van der Waals surface area (Å²) in [7, 11) is 0. The Hall–Kier alpha value is -2.40. The highest BCUT2D eigenvalue weighted by Crippen LogP contribution is 2.27. The third-order valence-electron chi connectivity index (χ3n) is 2.98. The first-order valence-electron chi connectivity index (χ1n) is 6.25. The summed E-state index contributed by atoms with van der Waals surface area (Å²) >= 11 is 5.92. The number of halogens is 2. The number of hydrogen-bond acceptors (Lipinski definition) is 4. The van der Waals surface area contributed by atoms with Crippen LogP contribution in [0.5, 0.6) is 0 Å². The molecule has 3 rings (SSSR count). The van der Waals surface area contributed by atoms with E-state index in [2.05, 4.69) is 10.1 Å². The van der Waals surface area contributed by atoms with E-state index >= 15 is 0 Å². The highest BCUT2D eigenvalue weighted by Gasteiger charge is 2.16. The Bertz CT molecular complexity index is 768. The van der Waals surface area contributed by atoms with Crippen LogP contribution in [0, 0.1) is 5.82 Å². The summed E-state index contributed by atoms with van der Waals surface area (Å²) in [6, 6.07) is 11.7. The summed E-state index contributed by atoms with van der Waals surface area (Å²) in [5.74, 6) is 0.0190. The van der Waals surface area contributed by atoms with Crippen molar-refractivity contribution in [1.82, 2.24) is 10.1 Å². The van der Waals surface area contributed by atoms with E-state index in [0.717, 1.165) is 5.56 Å². The molecule has 1 heterocycles. The molecular formula is C15H11ClFN3O. The molecule has 0 fully saturated rings. The van der Waals surface area contributed by atoms with Gasteiger partial charge in [0.15, 0.2) is 5.82 Å². The van der Waals surface area contributed by atoms with Crippen molar-refractivity contribution >= 4 is 17.3 Å². The van der Waals surface area contributed by atoms with Crippen LogP contribution in [0.4, 0.5) is 10.1 Å². The maximum Gasteiger partial charge on any atom is 0.263 e. The standard InChI is InChI=1S/C15H11ClFN3O/c16-10-4-1-3-9(7-10)8-13-19-15(21-20-13)14-11(17)5-2-6-12(14)18/h1-7H,8,18H2. The summed E-state index contributed by atoms with van der Waals surface area (Å²) in [4.78, 5) is 4.19. The highest BCUT2D eigenvalue weighted by molar-refractivity contribution is 6.30. The fraction of sp³-hybridized carbons (Fsp3) is 0.0667. The topological polar surface area (TPSA) is 64.9 Å². The smallest absolute Gasteiger partial charge is 0.263 e. The van der Waals surface area contributed by atoms with Crippen LogP contribution >= 0.6 is 11.6 Å². The molecule has 0 radical (unpaired) electrons. The third kappa shape index (κ3) is 2.87. The lowest BCUT2D eigenvalue weighted by molar-refractivity contribution is 0.422. The Morgan fingerprint density at radius 3 is 2.76 bits per heavy atom. The molecule has 106 valence electrons. The molecule has 2 aromatic carbocycles. The average molecular weight is 304 g/mol. The first-order chi connectivity index (χ1) is 10.1. The van der Waals surface area contributed by atoms with Crippen molar-refractivity contribution in [3.05, 3.63) is 64.7 Å². The summed E-state index contributed by atoms with van der Waals surface area (Å²) < 4.78 is 18.9. The normalized spacial score (nSPS) is 10.8. The molecule has 0 aliphatic carbocycles. The van der Waals surface area contributed by atoms with Gasteiger partial charge in [0.2, 0.25) is 0 Å². The minimum absolute atomic E-state index is 0.0719. The van der Waals surface area contributed by atoms with E-state index in [0.29, 0.717) is 17.3 Å². The van der Waals surface area contributed by atoms with Gasteiger partial charge in [-0.25, -0.2) is 4.39 Å². The van der Waals surface area contributed by atoms with Crippen molar-refractivity contribution in [3.8, 4) is 11.5 Å². The third-order valence-corrected chi connectivity index (χ3v) is 3.21. The molecule has 0 amide bonds. The lowest BCUT2D eigenvalue weighted by atomic mass is 10.1. The van der Waals surface area contributed by atoms with Gasteiger partial charge in [-0.2, -0.15) is 4.98 Å². The molecular weight excluding hydrogens is 293 g/mol. The second-order valence-corrected chi connectivity index (χ2v) is 4.96. The second kappa shape index (κ2) is 5.54. The Balaban J connectivity index is 1.90. The lowest BCUT2D eigenvalue weighted by Gasteiger charge is -2.00. The molecule has 2 N–H and O–H groups in total. The van der Waals surface area contributed by atoms with Gasteiger partial charge in [0.1, 0.15) is 5.82 Å². The number of rotatable bonds is 3. The van der Waals surface area contributed by atoms with E-state index in [9.17, 15) is 4.39 Å². The van der Waals surface area contributed by atoms with E-state index in [4.69, 9.17) is 21.9 Å². The molecule has 0 saturated heterocycles. The zero-order valence-electron chi connectivity index (χ0n) is 10.9. The molecule has 21 heavy (non-hydrogen) atoms. The van der Waals surface area contributed by atoms with Gasteiger partial charge < -0.3 is 10.3 Å². The van der Waals surface area contributed by atoms with Gasteiger partial charge >= 0.3 is 0 Å². The molecule has 4 nitrogen and oxygen atoms in total. The summed E-state index contributed by atoms with van der Waals surface area (Å²) in [6.07, 6.45) is 0.443.